The SMILES string of the molecule is CCOC(=O)C(CC)C(=O)OCCOc1ccccc1. The Balaban J connectivity index is 2.29. The zero-order valence-electron chi connectivity index (χ0n) is 11.8. The number of hydrogen-bond donors (Lipinski definition) is 0. The Hall–Kier alpha value is -2.04. The van der Waals surface area contributed by atoms with Crippen molar-refractivity contribution in [2.45, 2.75) is 20.3 Å². The number of esters is 2. The molecular formula is C15H20O5. The highest BCUT2D eigenvalue weighted by molar-refractivity contribution is 5.94. The molecule has 0 aliphatic carbocycles. The number of hydrogen-bond acceptors (Lipinski definition) is 5. The molecule has 1 unspecified atom stereocenters. The van der Waals surface area contributed by atoms with E-state index in [2.05, 4.69) is 0 Å². The molecule has 0 N–H and O–H groups in total. The van der Waals surface area contributed by atoms with Crippen molar-refractivity contribution >= 4 is 11.9 Å². The number of carbonyl (C=O) groups excluding carboxylic acids is 2. The van der Waals surface area contributed by atoms with Crippen LogP contribution in [0.1, 0.15) is 20.3 Å². The Morgan fingerprint density at radius 3 is 2.25 bits per heavy atom. The van der Waals surface area contributed by atoms with Crippen LogP contribution in [0.4, 0.5) is 0 Å². The topological polar surface area (TPSA) is 61.8 Å². The standard InChI is InChI=1S/C15H20O5/c1-3-13(14(16)18-4-2)15(17)20-11-10-19-12-8-6-5-7-9-12/h5-9,13H,3-4,10-11H2,1-2H3. The molecule has 1 aromatic rings. The number of benzene rings is 1. The third kappa shape index (κ3) is 5.30. The normalized spacial score (nSPS) is 11.5. The summed E-state index contributed by atoms with van der Waals surface area (Å²) in [5.74, 6) is -1.25. The van der Waals surface area contributed by atoms with Gasteiger partial charge in [-0.3, -0.25) is 9.59 Å². The van der Waals surface area contributed by atoms with Gasteiger partial charge in [-0.2, -0.15) is 0 Å². The lowest BCUT2D eigenvalue weighted by atomic mass is 10.1. The quantitative estimate of drug-likeness (QED) is 0.415. The maximum Gasteiger partial charge on any atom is 0.320 e. The predicted molar refractivity (Wildman–Crippen MR) is 73.3 cm³/mol. The number of rotatable bonds is 8. The molecule has 0 heterocycles. The van der Waals surface area contributed by atoms with E-state index in [1.807, 2.05) is 30.3 Å². The highest BCUT2D eigenvalue weighted by Gasteiger charge is 2.27. The van der Waals surface area contributed by atoms with Crippen LogP contribution in [-0.2, 0) is 19.1 Å². The van der Waals surface area contributed by atoms with Gasteiger partial charge in [-0.15, -0.1) is 0 Å². The Kier molecular flexibility index (Phi) is 7.17. The van der Waals surface area contributed by atoms with E-state index in [1.54, 1.807) is 13.8 Å². The van der Waals surface area contributed by atoms with Gasteiger partial charge in [0.1, 0.15) is 19.0 Å². The van der Waals surface area contributed by atoms with Gasteiger partial charge in [-0.1, -0.05) is 25.1 Å². The molecule has 0 aliphatic rings. The van der Waals surface area contributed by atoms with Crippen molar-refractivity contribution in [3.05, 3.63) is 30.3 Å². The van der Waals surface area contributed by atoms with Crippen molar-refractivity contribution in [2.75, 3.05) is 19.8 Å². The van der Waals surface area contributed by atoms with Crippen molar-refractivity contribution in [3.63, 3.8) is 0 Å². The average molecular weight is 280 g/mol. The van der Waals surface area contributed by atoms with E-state index in [4.69, 9.17) is 14.2 Å². The third-order valence-electron chi connectivity index (χ3n) is 2.60. The average Bonchev–Trinajstić information content (AvgIpc) is 2.46. The second-order valence-electron chi connectivity index (χ2n) is 4.04. The first-order valence-corrected chi connectivity index (χ1v) is 6.70. The lowest BCUT2D eigenvalue weighted by molar-refractivity contribution is -0.162. The minimum Gasteiger partial charge on any atom is -0.490 e. The van der Waals surface area contributed by atoms with E-state index < -0.39 is 17.9 Å². The molecule has 1 atom stereocenters. The van der Waals surface area contributed by atoms with Crippen LogP contribution in [0.15, 0.2) is 30.3 Å². The second kappa shape index (κ2) is 8.96. The molecule has 1 aromatic carbocycles. The summed E-state index contributed by atoms with van der Waals surface area (Å²) in [5.41, 5.74) is 0. The summed E-state index contributed by atoms with van der Waals surface area (Å²) in [6.45, 7) is 4.03. The fourth-order valence-electron chi connectivity index (χ4n) is 1.59. The minimum absolute atomic E-state index is 0.101. The maximum atomic E-state index is 11.7. The van der Waals surface area contributed by atoms with Gasteiger partial charge in [0.05, 0.1) is 6.61 Å². The molecule has 20 heavy (non-hydrogen) atoms. The van der Waals surface area contributed by atoms with Crippen LogP contribution in [0, 0.1) is 5.92 Å². The minimum atomic E-state index is -0.855. The van der Waals surface area contributed by atoms with Gasteiger partial charge in [0.25, 0.3) is 0 Å². The van der Waals surface area contributed by atoms with Crippen molar-refractivity contribution in [2.24, 2.45) is 5.92 Å². The van der Waals surface area contributed by atoms with Crippen molar-refractivity contribution in [3.8, 4) is 5.75 Å². The van der Waals surface area contributed by atoms with Gasteiger partial charge in [0.2, 0.25) is 0 Å². The van der Waals surface area contributed by atoms with Gasteiger partial charge in [-0.05, 0) is 25.5 Å². The fraction of sp³-hybridized carbons (Fsp3) is 0.467. The van der Waals surface area contributed by atoms with Crippen LogP contribution >= 0.6 is 0 Å². The van der Waals surface area contributed by atoms with Gasteiger partial charge >= 0.3 is 11.9 Å². The Morgan fingerprint density at radius 2 is 1.65 bits per heavy atom. The molecule has 1 rings (SSSR count). The molecule has 0 aromatic heterocycles. The van der Waals surface area contributed by atoms with E-state index in [0.29, 0.717) is 12.2 Å². The smallest absolute Gasteiger partial charge is 0.320 e. The molecule has 5 nitrogen and oxygen atoms in total. The van der Waals surface area contributed by atoms with Crippen LogP contribution in [-0.4, -0.2) is 31.8 Å². The monoisotopic (exact) mass is 280 g/mol. The van der Waals surface area contributed by atoms with Gasteiger partial charge < -0.3 is 14.2 Å². The molecule has 0 amide bonds. The number of ether oxygens (including phenoxy) is 3. The van der Waals surface area contributed by atoms with Gasteiger partial charge in [0, 0.05) is 0 Å². The van der Waals surface area contributed by atoms with Gasteiger partial charge in [-0.25, -0.2) is 0 Å². The van der Waals surface area contributed by atoms with Crippen LogP contribution in [0.25, 0.3) is 0 Å². The van der Waals surface area contributed by atoms with Crippen LogP contribution in [0.3, 0.4) is 0 Å². The van der Waals surface area contributed by atoms with E-state index in [0.717, 1.165) is 0 Å². The van der Waals surface area contributed by atoms with Crippen molar-refractivity contribution in [1.82, 2.24) is 0 Å². The summed E-state index contributed by atoms with van der Waals surface area (Å²) in [7, 11) is 0. The summed E-state index contributed by atoms with van der Waals surface area (Å²) in [5, 5.41) is 0. The molecule has 0 bridgehead atoms. The Morgan fingerprint density at radius 1 is 1.00 bits per heavy atom. The molecular weight excluding hydrogens is 260 g/mol. The summed E-state index contributed by atoms with van der Waals surface area (Å²) in [6, 6.07) is 9.23. The summed E-state index contributed by atoms with van der Waals surface area (Å²) >= 11 is 0. The number of para-hydroxylation sites is 1. The molecule has 110 valence electrons. The summed E-state index contributed by atoms with van der Waals surface area (Å²) in [4.78, 5) is 23.2. The molecule has 0 saturated heterocycles. The van der Waals surface area contributed by atoms with E-state index >= 15 is 0 Å². The third-order valence-corrected chi connectivity index (χ3v) is 2.60. The zero-order valence-corrected chi connectivity index (χ0v) is 11.8. The molecule has 0 saturated carbocycles. The molecule has 0 spiro atoms. The lowest BCUT2D eigenvalue weighted by Gasteiger charge is -2.13. The Bertz CT molecular complexity index is 416. The molecule has 0 aliphatic heterocycles. The maximum absolute atomic E-state index is 11.7. The van der Waals surface area contributed by atoms with Crippen molar-refractivity contribution in [1.29, 1.82) is 0 Å². The van der Waals surface area contributed by atoms with E-state index in [-0.39, 0.29) is 19.8 Å². The molecule has 5 heteroatoms. The van der Waals surface area contributed by atoms with Gasteiger partial charge in [0.15, 0.2) is 5.92 Å². The van der Waals surface area contributed by atoms with Crippen molar-refractivity contribution < 1.29 is 23.8 Å². The van der Waals surface area contributed by atoms with Crippen LogP contribution in [0.2, 0.25) is 0 Å². The molecule has 0 fully saturated rings. The van der Waals surface area contributed by atoms with E-state index in [9.17, 15) is 9.59 Å². The molecule has 0 radical (unpaired) electrons. The first-order valence-electron chi connectivity index (χ1n) is 6.70. The zero-order chi connectivity index (χ0) is 14.8. The largest absolute Gasteiger partial charge is 0.490 e. The number of carbonyl (C=O) groups is 2. The van der Waals surface area contributed by atoms with Crippen LogP contribution in [0.5, 0.6) is 5.75 Å². The first-order chi connectivity index (χ1) is 9.69. The highest BCUT2D eigenvalue weighted by Crippen LogP contribution is 2.10. The summed E-state index contributed by atoms with van der Waals surface area (Å²) in [6.07, 6.45) is 0.358. The summed E-state index contributed by atoms with van der Waals surface area (Å²) < 4.78 is 15.2. The van der Waals surface area contributed by atoms with E-state index in [1.165, 1.54) is 0 Å². The Labute approximate surface area is 118 Å². The predicted octanol–water partition coefficient (Wildman–Crippen LogP) is 2.20. The first kappa shape index (κ1) is 16.0. The lowest BCUT2D eigenvalue weighted by Crippen LogP contribution is -2.28. The second-order valence-corrected chi connectivity index (χ2v) is 4.04. The van der Waals surface area contributed by atoms with Crippen LogP contribution < -0.4 is 4.74 Å². The fourth-order valence-corrected chi connectivity index (χ4v) is 1.59. The highest BCUT2D eigenvalue weighted by atomic mass is 16.6.